The minimum Gasteiger partial charge on any atom is -0.343 e. The van der Waals surface area contributed by atoms with Crippen molar-refractivity contribution in [2.24, 2.45) is 5.92 Å². The van der Waals surface area contributed by atoms with Crippen molar-refractivity contribution in [3.8, 4) is 0 Å². The lowest BCUT2D eigenvalue weighted by Gasteiger charge is -2.45. The van der Waals surface area contributed by atoms with Crippen LogP contribution in [-0.4, -0.2) is 61.0 Å². The summed E-state index contributed by atoms with van der Waals surface area (Å²) in [6, 6.07) is 0. The first-order valence-electron chi connectivity index (χ1n) is 7.23. The van der Waals surface area contributed by atoms with E-state index in [1.54, 1.807) is 0 Å². The van der Waals surface area contributed by atoms with Gasteiger partial charge in [-0.2, -0.15) is 0 Å². The van der Waals surface area contributed by atoms with E-state index in [2.05, 4.69) is 24.1 Å². The first kappa shape index (κ1) is 16.7. The van der Waals surface area contributed by atoms with Gasteiger partial charge in [0.05, 0.1) is 5.54 Å². The molecule has 2 fully saturated rings. The number of nitrogens with one attached hydrogen (secondary N) is 1. The van der Waals surface area contributed by atoms with Crippen LogP contribution in [0.5, 0.6) is 0 Å². The van der Waals surface area contributed by atoms with Gasteiger partial charge in [0, 0.05) is 20.1 Å². The van der Waals surface area contributed by atoms with Crippen LogP contribution in [0.2, 0.25) is 0 Å². The van der Waals surface area contributed by atoms with E-state index in [1.165, 1.54) is 19.3 Å². The maximum atomic E-state index is 12.2. The highest BCUT2D eigenvalue weighted by molar-refractivity contribution is 5.86. The summed E-state index contributed by atoms with van der Waals surface area (Å²) in [6.45, 7) is 9.40. The van der Waals surface area contributed by atoms with Crippen LogP contribution in [0.15, 0.2) is 0 Å². The van der Waals surface area contributed by atoms with Crippen LogP contribution < -0.4 is 5.32 Å². The molecular formula is C14H28ClN3O. The number of nitrogens with zero attached hydrogens (tertiary/aromatic N) is 2. The van der Waals surface area contributed by atoms with E-state index in [0.717, 1.165) is 38.6 Å². The molecule has 0 atom stereocenters. The van der Waals surface area contributed by atoms with Crippen molar-refractivity contribution in [2.75, 3.05) is 39.8 Å². The van der Waals surface area contributed by atoms with Gasteiger partial charge in [0.25, 0.3) is 0 Å². The number of hydrogen-bond acceptors (Lipinski definition) is 3. The van der Waals surface area contributed by atoms with Gasteiger partial charge in [0.1, 0.15) is 0 Å². The molecule has 2 heterocycles. The van der Waals surface area contributed by atoms with Crippen molar-refractivity contribution < 1.29 is 4.79 Å². The Bertz CT molecular complexity index is 303. The number of carbonyl (C=O) groups excluding carboxylic acids is 1. The number of likely N-dealkylation sites (N-methyl/N-ethyl adjacent to an activating group) is 1. The molecule has 0 bridgehead atoms. The van der Waals surface area contributed by atoms with Crippen LogP contribution in [0.25, 0.3) is 0 Å². The third-order valence-corrected chi connectivity index (χ3v) is 4.63. The van der Waals surface area contributed by atoms with Crippen LogP contribution >= 0.6 is 12.4 Å². The Balaban J connectivity index is 0.00000180. The molecule has 112 valence electrons. The van der Waals surface area contributed by atoms with Crippen molar-refractivity contribution in [1.29, 1.82) is 0 Å². The predicted octanol–water partition coefficient (Wildman–Crippen LogP) is 1.35. The van der Waals surface area contributed by atoms with Crippen molar-refractivity contribution in [1.82, 2.24) is 15.1 Å². The lowest BCUT2D eigenvalue weighted by atomic mass is 9.92. The van der Waals surface area contributed by atoms with Gasteiger partial charge in [-0.1, -0.05) is 0 Å². The molecular weight excluding hydrogens is 262 g/mol. The number of piperazine rings is 1. The van der Waals surface area contributed by atoms with Crippen LogP contribution in [0.1, 0.15) is 33.1 Å². The fourth-order valence-electron chi connectivity index (χ4n) is 3.15. The summed E-state index contributed by atoms with van der Waals surface area (Å²) in [7, 11) is 1.91. The van der Waals surface area contributed by atoms with Gasteiger partial charge in [-0.25, -0.2) is 0 Å². The molecule has 0 unspecified atom stereocenters. The summed E-state index contributed by atoms with van der Waals surface area (Å²) < 4.78 is 0. The fourth-order valence-corrected chi connectivity index (χ4v) is 3.15. The monoisotopic (exact) mass is 289 g/mol. The SMILES string of the molecule is CN1CCN(CCC2CCNCC2)C(C)(C)C1=O.Cl. The molecule has 0 radical (unpaired) electrons. The summed E-state index contributed by atoms with van der Waals surface area (Å²) in [5, 5.41) is 3.41. The van der Waals surface area contributed by atoms with E-state index in [4.69, 9.17) is 0 Å². The van der Waals surface area contributed by atoms with Crippen molar-refractivity contribution in [3.63, 3.8) is 0 Å². The standard InChI is InChI=1S/C14H27N3O.ClH/c1-14(2)13(18)16(3)10-11-17(14)9-6-12-4-7-15-8-5-12;/h12,15H,4-11H2,1-3H3;1H. The van der Waals surface area contributed by atoms with E-state index in [0.29, 0.717) is 0 Å². The molecule has 2 aliphatic rings. The zero-order valence-corrected chi connectivity index (χ0v) is 13.3. The van der Waals surface area contributed by atoms with Crippen LogP contribution in [-0.2, 0) is 4.79 Å². The molecule has 0 aromatic heterocycles. The van der Waals surface area contributed by atoms with E-state index in [-0.39, 0.29) is 23.9 Å². The summed E-state index contributed by atoms with van der Waals surface area (Å²) >= 11 is 0. The molecule has 2 saturated heterocycles. The zero-order chi connectivity index (χ0) is 13.2. The number of hydrogen-bond donors (Lipinski definition) is 1. The minimum absolute atomic E-state index is 0. The summed E-state index contributed by atoms with van der Waals surface area (Å²) in [5.41, 5.74) is -0.320. The third-order valence-electron chi connectivity index (χ3n) is 4.63. The average molecular weight is 290 g/mol. The molecule has 0 aromatic carbocycles. The maximum absolute atomic E-state index is 12.2. The van der Waals surface area contributed by atoms with Crippen molar-refractivity contribution >= 4 is 18.3 Å². The lowest BCUT2D eigenvalue weighted by molar-refractivity contribution is -0.147. The molecule has 2 aliphatic heterocycles. The molecule has 0 aliphatic carbocycles. The smallest absolute Gasteiger partial charge is 0.242 e. The molecule has 1 amide bonds. The second-order valence-electron chi connectivity index (χ2n) is 6.25. The van der Waals surface area contributed by atoms with Crippen LogP contribution in [0, 0.1) is 5.92 Å². The molecule has 2 rings (SSSR count). The minimum atomic E-state index is -0.320. The third kappa shape index (κ3) is 3.83. The van der Waals surface area contributed by atoms with Gasteiger partial charge in [-0.3, -0.25) is 9.69 Å². The molecule has 0 spiro atoms. The number of rotatable bonds is 3. The van der Waals surface area contributed by atoms with E-state index in [9.17, 15) is 4.79 Å². The van der Waals surface area contributed by atoms with Gasteiger partial charge in [-0.05, 0) is 58.7 Å². The van der Waals surface area contributed by atoms with Crippen LogP contribution in [0.3, 0.4) is 0 Å². The molecule has 0 aromatic rings. The fraction of sp³-hybridized carbons (Fsp3) is 0.929. The molecule has 19 heavy (non-hydrogen) atoms. The second kappa shape index (κ2) is 6.91. The largest absolute Gasteiger partial charge is 0.343 e. The van der Waals surface area contributed by atoms with Gasteiger partial charge in [0.15, 0.2) is 0 Å². The predicted molar refractivity (Wildman–Crippen MR) is 80.7 cm³/mol. The Kier molecular flexibility index (Phi) is 6.09. The normalized spacial score (nSPS) is 25.2. The lowest BCUT2D eigenvalue weighted by Crippen LogP contribution is -2.62. The quantitative estimate of drug-likeness (QED) is 0.852. The Morgan fingerprint density at radius 3 is 2.53 bits per heavy atom. The Morgan fingerprint density at radius 2 is 1.89 bits per heavy atom. The summed E-state index contributed by atoms with van der Waals surface area (Å²) in [4.78, 5) is 16.4. The second-order valence-corrected chi connectivity index (χ2v) is 6.25. The molecule has 4 nitrogen and oxygen atoms in total. The Labute approximate surface area is 123 Å². The molecule has 5 heteroatoms. The van der Waals surface area contributed by atoms with Gasteiger partial charge >= 0.3 is 0 Å². The Morgan fingerprint density at radius 1 is 1.26 bits per heavy atom. The van der Waals surface area contributed by atoms with E-state index in [1.807, 2.05) is 11.9 Å². The van der Waals surface area contributed by atoms with Crippen LogP contribution in [0.4, 0.5) is 0 Å². The first-order valence-corrected chi connectivity index (χ1v) is 7.23. The topological polar surface area (TPSA) is 35.6 Å². The highest BCUT2D eigenvalue weighted by atomic mass is 35.5. The molecule has 0 saturated carbocycles. The van der Waals surface area contributed by atoms with Gasteiger partial charge < -0.3 is 10.2 Å². The highest BCUT2D eigenvalue weighted by Crippen LogP contribution is 2.24. The first-order chi connectivity index (χ1) is 8.51. The van der Waals surface area contributed by atoms with E-state index < -0.39 is 0 Å². The Hall–Kier alpha value is -0.320. The number of amides is 1. The number of halogens is 1. The summed E-state index contributed by atoms with van der Waals surface area (Å²) in [6.07, 6.45) is 3.83. The summed E-state index contributed by atoms with van der Waals surface area (Å²) in [5.74, 6) is 1.11. The van der Waals surface area contributed by atoms with Gasteiger partial charge in [0.2, 0.25) is 5.91 Å². The van der Waals surface area contributed by atoms with Crippen molar-refractivity contribution in [3.05, 3.63) is 0 Å². The highest BCUT2D eigenvalue weighted by Gasteiger charge is 2.40. The maximum Gasteiger partial charge on any atom is 0.242 e. The number of piperidine rings is 1. The average Bonchev–Trinajstić information content (AvgIpc) is 2.37. The van der Waals surface area contributed by atoms with Gasteiger partial charge in [-0.15, -0.1) is 12.4 Å². The van der Waals surface area contributed by atoms with E-state index >= 15 is 0 Å². The molecule has 1 N–H and O–H groups in total. The zero-order valence-electron chi connectivity index (χ0n) is 12.4. The van der Waals surface area contributed by atoms with Crippen molar-refractivity contribution in [2.45, 2.75) is 38.6 Å². The number of carbonyl (C=O) groups is 1.